The van der Waals surface area contributed by atoms with Crippen molar-refractivity contribution in [2.24, 2.45) is 0 Å². The molecule has 2 fully saturated rings. The molecule has 0 spiro atoms. The molecule has 0 bridgehead atoms. The molecule has 2 aliphatic rings. The predicted octanol–water partition coefficient (Wildman–Crippen LogP) is -0.988. The van der Waals surface area contributed by atoms with E-state index in [9.17, 15) is 14.7 Å². The molecule has 0 aromatic carbocycles. The second kappa shape index (κ2) is 6.72. The molecular weight excluding hydrogens is 250 g/mol. The quantitative estimate of drug-likeness (QED) is 0.676. The van der Waals surface area contributed by atoms with Crippen LogP contribution in [0.4, 0.5) is 4.79 Å². The predicted molar refractivity (Wildman–Crippen MR) is 67.6 cm³/mol. The van der Waals surface area contributed by atoms with E-state index < -0.39 is 6.10 Å². The molecule has 2 heterocycles. The molecular formula is C12H21N3O4. The number of aliphatic hydroxyl groups is 1. The summed E-state index contributed by atoms with van der Waals surface area (Å²) in [7, 11) is 0. The molecule has 0 aromatic heterocycles. The van der Waals surface area contributed by atoms with Gasteiger partial charge in [-0.2, -0.15) is 0 Å². The molecule has 7 nitrogen and oxygen atoms in total. The Labute approximate surface area is 112 Å². The van der Waals surface area contributed by atoms with Crippen molar-refractivity contribution in [2.75, 3.05) is 45.9 Å². The number of amides is 3. The molecule has 0 saturated carbocycles. The number of piperidine rings is 1. The fraction of sp³-hybridized carbons (Fsp3) is 0.833. The first kappa shape index (κ1) is 14.1. The molecule has 108 valence electrons. The van der Waals surface area contributed by atoms with Crippen LogP contribution in [-0.2, 0) is 9.53 Å². The monoisotopic (exact) mass is 271 g/mol. The first-order valence-corrected chi connectivity index (χ1v) is 6.73. The first-order valence-electron chi connectivity index (χ1n) is 6.73. The van der Waals surface area contributed by atoms with Crippen molar-refractivity contribution < 1.29 is 19.4 Å². The number of rotatable bonds is 2. The number of aliphatic hydroxyl groups excluding tert-OH is 1. The van der Waals surface area contributed by atoms with Gasteiger partial charge >= 0.3 is 6.03 Å². The summed E-state index contributed by atoms with van der Waals surface area (Å²) in [6.07, 6.45) is 1.08. The van der Waals surface area contributed by atoms with E-state index in [2.05, 4.69) is 5.32 Å². The van der Waals surface area contributed by atoms with E-state index in [0.29, 0.717) is 39.4 Å². The van der Waals surface area contributed by atoms with Crippen LogP contribution in [0.25, 0.3) is 0 Å². The Kier molecular flexibility index (Phi) is 4.98. The molecule has 2 rings (SSSR count). The zero-order chi connectivity index (χ0) is 13.7. The van der Waals surface area contributed by atoms with Crippen molar-refractivity contribution in [2.45, 2.75) is 18.9 Å². The minimum atomic E-state index is -0.450. The van der Waals surface area contributed by atoms with E-state index in [-0.39, 0.29) is 18.5 Å². The Balaban J connectivity index is 1.71. The highest BCUT2D eigenvalue weighted by atomic mass is 16.5. The van der Waals surface area contributed by atoms with Gasteiger partial charge in [0, 0.05) is 26.2 Å². The first-order chi connectivity index (χ1) is 9.16. The zero-order valence-electron chi connectivity index (χ0n) is 11.0. The maximum atomic E-state index is 11.8. The van der Waals surface area contributed by atoms with Crippen LogP contribution >= 0.6 is 0 Å². The van der Waals surface area contributed by atoms with Gasteiger partial charge in [0.25, 0.3) is 0 Å². The Morgan fingerprint density at radius 3 is 2.63 bits per heavy atom. The van der Waals surface area contributed by atoms with Crippen molar-refractivity contribution in [3.8, 4) is 0 Å². The summed E-state index contributed by atoms with van der Waals surface area (Å²) < 4.78 is 5.17. The van der Waals surface area contributed by atoms with Gasteiger partial charge in [-0.25, -0.2) is 4.79 Å². The molecule has 1 unspecified atom stereocenters. The topological polar surface area (TPSA) is 82.1 Å². The van der Waals surface area contributed by atoms with Crippen LogP contribution in [-0.4, -0.2) is 78.9 Å². The van der Waals surface area contributed by atoms with Crippen LogP contribution in [0.15, 0.2) is 0 Å². The number of ether oxygens (including phenoxy) is 1. The number of β-amino-alcohol motifs (C(OH)–C–C–N with tert-alkyl or cyclic N) is 1. The van der Waals surface area contributed by atoms with Gasteiger partial charge in [-0.3, -0.25) is 4.79 Å². The number of likely N-dealkylation sites (tertiary alicyclic amines) is 1. The van der Waals surface area contributed by atoms with Gasteiger partial charge in [0.2, 0.25) is 5.91 Å². The van der Waals surface area contributed by atoms with Crippen molar-refractivity contribution in [1.82, 2.24) is 15.1 Å². The van der Waals surface area contributed by atoms with E-state index in [0.717, 1.165) is 12.8 Å². The van der Waals surface area contributed by atoms with Gasteiger partial charge < -0.3 is 25.0 Å². The average Bonchev–Trinajstić information content (AvgIpc) is 2.45. The minimum Gasteiger partial charge on any atom is -0.391 e. The number of urea groups is 1. The summed E-state index contributed by atoms with van der Waals surface area (Å²) in [6.45, 7) is 3.25. The number of carbonyl (C=O) groups is 2. The van der Waals surface area contributed by atoms with Gasteiger partial charge in [0.15, 0.2) is 0 Å². The summed E-state index contributed by atoms with van der Waals surface area (Å²) >= 11 is 0. The van der Waals surface area contributed by atoms with Crippen LogP contribution in [0.5, 0.6) is 0 Å². The third-order valence-electron chi connectivity index (χ3n) is 3.44. The summed E-state index contributed by atoms with van der Waals surface area (Å²) in [5, 5.41) is 12.1. The van der Waals surface area contributed by atoms with Gasteiger partial charge in [-0.1, -0.05) is 0 Å². The lowest BCUT2D eigenvalue weighted by molar-refractivity contribution is -0.134. The Morgan fingerprint density at radius 1 is 1.21 bits per heavy atom. The van der Waals surface area contributed by atoms with Crippen molar-refractivity contribution in [3.05, 3.63) is 0 Å². The Hall–Kier alpha value is -1.34. The second-order valence-electron chi connectivity index (χ2n) is 4.89. The molecule has 0 aromatic rings. The molecule has 19 heavy (non-hydrogen) atoms. The Morgan fingerprint density at radius 2 is 1.95 bits per heavy atom. The number of nitrogens with zero attached hydrogens (tertiary/aromatic N) is 2. The summed E-state index contributed by atoms with van der Waals surface area (Å²) in [4.78, 5) is 26.9. The fourth-order valence-electron chi connectivity index (χ4n) is 2.33. The highest BCUT2D eigenvalue weighted by Crippen LogP contribution is 2.09. The normalized spacial score (nSPS) is 24.2. The number of morpholine rings is 1. The van der Waals surface area contributed by atoms with Crippen molar-refractivity contribution >= 4 is 11.9 Å². The van der Waals surface area contributed by atoms with Crippen LogP contribution in [0, 0.1) is 0 Å². The van der Waals surface area contributed by atoms with Gasteiger partial charge in [0.1, 0.15) is 0 Å². The maximum absolute atomic E-state index is 11.8. The van der Waals surface area contributed by atoms with E-state index in [1.165, 1.54) is 0 Å². The molecule has 1 atom stereocenters. The fourth-order valence-corrected chi connectivity index (χ4v) is 2.33. The lowest BCUT2D eigenvalue weighted by Crippen LogP contribution is -2.51. The van der Waals surface area contributed by atoms with Crippen molar-refractivity contribution in [3.63, 3.8) is 0 Å². The van der Waals surface area contributed by atoms with E-state index >= 15 is 0 Å². The minimum absolute atomic E-state index is 0.00539. The van der Waals surface area contributed by atoms with E-state index in [4.69, 9.17) is 4.74 Å². The summed E-state index contributed by atoms with van der Waals surface area (Å²) in [5.41, 5.74) is 0. The summed E-state index contributed by atoms with van der Waals surface area (Å²) in [6, 6.07) is -0.277. The largest absolute Gasteiger partial charge is 0.391 e. The second-order valence-corrected chi connectivity index (χ2v) is 4.89. The summed E-state index contributed by atoms with van der Waals surface area (Å²) in [5.74, 6) is -0.0887. The van der Waals surface area contributed by atoms with E-state index in [1.807, 2.05) is 0 Å². The lowest BCUT2D eigenvalue weighted by Gasteiger charge is -2.31. The third kappa shape index (κ3) is 4.07. The number of carbonyl (C=O) groups excluding carboxylic acids is 2. The molecule has 2 N–H and O–H groups in total. The SMILES string of the molecule is O=C(CNC(=O)N1CCCC(O)C1)N1CCOCC1. The van der Waals surface area contributed by atoms with Gasteiger partial charge in [0.05, 0.1) is 25.9 Å². The smallest absolute Gasteiger partial charge is 0.317 e. The van der Waals surface area contributed by atoms with Crippen molar-refractivity contribution in [1.29, 1.82) is 0 Å². The molecule has 0 aliphatic carbocycles. The Bertz CT molecular complexity index is 331. The van der Waals surface area contributed by atoms with Crippen LogP contribution in [0.3, 0.4) is 0 Å². The molecule has 7 heteroatoms. The highest BCUT2D eigenvalue weighted by molar-refractivity contribution is 5.84. The lowest BCUT2D eigenvalue weighted by atomic mass is 10.1. The van der Waals surface area contributed by atoms with Crippen LogP contribution < -0.4 is 5.32 Å². The molecule has 0 radical (unpaired) electrons. The highest BCUT2D eigenvalue weighted by Gasteiger charge is 2.23. The molecule has 2 saturated heterocycles. The van der Waals surface area contributed by atoms with E-state index in [1.54, 1.807) is 9.80 Å². The third-order valence-corrected chi connectivity index (χ3v) is 3.44. The van der Waals surface area contributed by atoms with Gasteiger partial charge in [-0.05, 0) is 12.8 Å². The maximum Gasteiger partial charge on any atom is 0.317 e. The number of hydrogen-bond donors (Lipinski definition) is 2. The standard InChI is InChI=1S/C12H21N3O4/c16-10-2-1-3-15(9-10)12(18)13-8-11(17)14-4-6-19-7-5-14/h10,16H,1-9H2,(H,13,18). The van der Waals surface area contributed by atoms with Crippen LogP contribution in [0.2, 0.25) is 0 Å². The zero-order valence-corrected chi connectivity index (χ0v) is 11.0. The number of hydrogen-bond acceptors (Lipinski definition) is 4. The average molecular weight is 271 g/mol. The molecule has 2 aliphatic heterocycles. The van der Waals surface area contributed by atoms with Crippen LogP contribution in [0.1, 0.15) is 12.8 Å². The van der Waals surface area contributed by atoms with Gasteiger partial charge in [-0.15, -0.1) is 0 Å². The molecule has 3 amide bonds. The number of nitrogens with one attached hydrogen (secondary N) is 1.